The third-order valence-corrected chi connectivity index (χ3v) is 5.32. The zero-order valence-electron chi connectivity index (χ0n) is 20.8. The molecular weight excluding hydrogens is 448 g/mol. The lowest BCUT2D eigenvalue weighted by Gasteiger charge is -2.24. The first-order valence-corrected chi connectivity index (χ1v) is 11.6. The van der Waals surface area contributed by atoms with Crippen molar-refractivity contribution in [3.8, 4) is 11.5 Å². The maximum atomic E-state index is 13.0. The lowest BCUT2D eigenvalue weighted by atomic mass is 10.0. The highest BCUT2D eigenvalue weighted by Gasteiger charge is 2.24. The molecule has 9 heteroatoms. The van der Waals surface area contributed by atoms with Gasteiger partial charge in [0.05, 0.1) is 33.3 Å². The summed E-state index contributed by atoms with van der Waals surface area (Å²) in [5, 5.41) is 26.1. The number of nitrogens with one attached hydrogen (secondary N) is 4. The van der Waals surface area contributed by atoms with Crippen LogP contribution in [-0.4, -0.2) is 55.8 Å². The summed E-state index contributed by atoms with van der Waals surface area (Å²) in [5.74, 6) is 0.303. The number of hydrogen-bond acceptors (Lipinski definition) is 6. The van der Waals surface area contributed by atoms with Gasteiger partial charge in [-0.1, -0.05) is 50.2 Å². The molecule has 2 aromatic carbocycles. The summed E-state index contributed by atoms with van der Waals surface area (Å²) < 4.78 is 10.5. The molecule has 0 aliphatic rings. The molecule has 2 amide bonds. The van der Waals surface area contributed by atoms with Crippen molar-refractivity contribution in [2.24, 2.45) is 5.92 Å². The average molecular weight is 485 g/mol. The SMILES string of the molecule is COc1ccc(CC(=O)NC(=N)N[C@H](Cc2ccccc2)C(=O)N[C@H](CO)CC(C)C)cc1OC. The molecule has 0 bridgehead atoms. The molecule has 9 nitrogen and oxygen atoms in total. The highest BCUT2D eigenvalue weighted by Crippen LogP contribution is 2.27. The predicted molar refractivity (Wildman–Crippen MR) is 135 cm³/mol. The summed E-state index contributed by atoms with van der Waals surface area (Å²) in [5.41, 5.74) is 1.58. The molecule has 190 valence electrons. The lowest BCUT2D eigenvalue weighted by Crippen LogP contribution is -2.54. The number of amides is 2. The van der Waals surface area contributed by atoms with E-state index >= 15 is 0 Å². The van der Waals surface area contributed by atoms with Gasteiger partial charge < -0.3 is 25.2 Å². The lowest BCUT2D eigenvalue weighted by molar-refractivity contribution is -0.124. The first kappa shape index (κ1) is 27.7. The zero-order chi connectivity index (χ0) is 25.8. The van der Waals surface area contributed by atoms with Crippen LogP contribution in [0.1, 0.15) is 31.4 Å². The minimum Gasteiger partial charge on any atom is -0.493 e. The van der Waals surface area contributed by atoms with Crippen molar-refractivity contribution in [2.75, 3.05) is 20.8 Å². The molecule has 0 radical (unpaired) electrons. The Kier molecular flexibility index (Phi) is 11.0. The van der Waals surface area contributed by atoms with E-state index in [4.69, 9.17) is 14.9 Å². The van der Waals surface area contributed by atoms with Crippen LogP contribution < -0.4 is 25.4 Å². The fourth-order valence-electron chi connectivity index (χ4n) is 3.68. The van der Waals surface area contributed by atoms with E-state index < -0.39 is 18.0 Å². The van der Waals surface area contributed by atoms with Crippen LogP contribution in [0.3, 0.4) is 0 Å². The second kappa shape index (κ2) is 14.0. The average Bonchev–Trinajstić information content (AvgIpc) is 2.83. The molecule has 0 spiro atoms. The quantitative estimate of drug-likeness (QED) is 0.231. The third-order valence-electron chi connectivity index (χ3n) is 5.32. The van der Waals surface area contributed by atoms with Crippen molar-refractivity contribution < 1.29 is 24.2 Å². The standard InChI is InChI=1S/C26H36N4O5/c1-17(2)12-20(16-31)28-25(33)21(13-18-8-6-5-7-9-18)29-26(27)30-24(32)15-19-10-11-22(34-3)23(14-19)35-4/h5-11,14,17,20-21,31H,12-13,15-16H2,1-4H3,(H,28,33)(H3,27,29,30,32)/t20-,21+/m0/s1. The highest BCUT2D eigenvalue weighted by molar-refractivity contribution is 5.98. The molecule has 0 saturated carbocycles. The second-order valence-corrected chi connectivity index (χ2v) is 8.69. The number of carbonyl (C=O) groups excluding carboxylic acids is 2. The normalized spacial score (nSPS) is 12.4. The Labute approximate surface area is 206 Å². The van der Waals surface area contributed by atoms with E-state index in [1.807, 2.05) is 44.2 Å². The Balaban J connectivity index is 2.05. The monoisotopic (exact) mass is 484 g/mol. The van der Waals surface area contributed by atoms with Gasteiger partial charge in [0.15, 0.2) is 17.5 Å². The van der Waals surface area contributed by atoms with Crippen molar-refractivity contribution >= 4 is 17.8 Å². The summed E-state index contributed by atoms with van der Waals surface area (Å²) in [6.45, 7) is 3.85. The van der Waals surface area contributed by atoms with Crippen LogP contribution in [0.5, 0.6) is 11.5 Å². The summed E-state index contributed by atoms with van der Waals surface area (Å²) in [7, 11) is 3.05. The third kappa shape index (κ3) is 9.29. The van der Waals surface area contributed by atoms with Crippen LogP contribution in [0.15, 0.2) is 48.5 Å². The smallest absolute Gasteiger partial charge is 0.243 e. The van der Waals surface area contributed by atoms with Gasteiger partial charge in [-0.3, -0.25) is 20.3 Å². The van der Waals surface area contributed by atoms with Gasteiger partial charge >= 0.3 is 0 Å². The number of methoxy groups -OCH3 is 2. The molecule has 2 rings (SSSR count). The van der Waals surface area contributed by atoms with Crippen LogP contribution in [0, 0.1) is 11.3 Å². The molecule has 0 heterocycles. The van der Waals surface area contributed by atoms with E-state index in [-0.39, 0.29) is 24.9 Å². The topological polar surface area (TPSA) is 133 Å². The predicted octanol–water partition coefficient (Wildman–Crippen LogP) is 2.02. The minimum atomic E-state index is -0.813. The van der Waals surface area contributed by atoms with Crippen LogP contribution in [-0.2, 0) is 22.4 Å². The molecule has 2 atom stereocenters. The van der Waals surface area contributed by atoms with Gasteiger partial charge in [0.1, 0.15) is 6.04 Å². The molecule has 0 aliphatic heterocycles. The van der Waals surface area contributed by atoms with E-state index in [1.165, 1.54) is 14.2 Å². The van der Waals surface area contributed by atoms with E-state index in [0.717, 1.165) is 5.56 Å². The van der Waals surface area contributed by atoms with Crippen LogP contribution in [0.2, 0.25) is 0 Å². The van der Waals surface area contributed by atoms with E-state index in [0.29, 0.717) is 35.8 Å². The first-order valence-electron chi connectivity index (χ1n) is 11.6. The summed E-state index contributed by atoms with van der Waals surface area (Å²) in [6, 6.07) is 13.3. The molecule has 0 aliphatic carbocycles. The molecule has 0 aromatic heterocycles. The number of hydrogen-bond donors (Lipinski definition) is 5. The van der Waals surface area contributed by atoms with Gasteiger partial charge in [-0.25, -0.2) is 0 Å². The summed E-state index contributed by atoms with van der Waals surface area (Å²) in [4.78, 5) is 25.6. The van der Waals surface area contributed by atoms with Gasteiger partial charge in [0.25, 0.3) is 0 Å². The molecular formula is C26H36N4O5. The van der Waals surface area contributed by atoms with Crippen LogP contribution in [0.25, 0.3) is 0 Å². The maximum Gasteiger partial charge on any atom is 0.243 e. The molecule has 0 unspecified atom stereocenters. The number of aliphatic hydroxyl groups is 1. The number of rotatable bonds is 12. The van der Waals surface area contributed by atoms with Crippen molar-refractivity contribution in [3.63, 3.8) is 0 Å². The van der Waals surface area contributed by atoms with Crippen LogP contribution in [0.4, 0.5) is 0 Å². The molecule has 0 saturated heterocycles. The van der Waals surface area contributed by atoms with Crippen molar-refractivity contribution in [1.82, 2.24) is 16.0 Å². The second-order valence-electron chi connectivity index (χ2n) is 8.69. The zero-order valence-corrected chi connectivity index (χ0v) is 20.8. The van der Waals surface area contributed by atoms with Gasteiger partial charge in [-0.05, 0) is 35.6 Å². The highest BCUT2D eigenvalue weighted by atomic mass is 16.5. The molecule has 5 N–H and O–H groups in total. The fraction of sp³-hybridized carbons (Fsp3) is 0.423. The van der Waals surface area contributed by atoms with Gasteiger partial charge in [0.2, 0.25) is 11.8 Å². The van der Waals surface area contributed by atoms with E-state index in [9.17, 15) is 14.7 Å². The number of carbonyl (C=O) groups is 2. The van der Waals surface area contributed by atoms with Gasteiger partial charge in [-0.2, -0.15) is 0 Å². The fourth-order valence-corrected chi connectivity index (χ4v) is 3.68. The Bertz CT molecular complexity index is 981. The van der Waals surface area contributed by atoms with E-state index in [1.54, 1.807) is 18.2 Å². The Hall–Kier alpha value is -3.59. The van der Waals surface area contributed by atoms with Gasteiger partial charge in [0, 0.05) is 6.42 Å². The largest absolute Gasteiger partial charge is 0.493 e. The number of benzene rings is 2. The maximum absolute atomic E-state index is 13.0. The van der Waals surface area contributed by atoms with Crippen LogP contribution >= 0.6 is 0 Å². The minimum absolute atomic E-state index is 0.0148. The summed E-state index contributed by atoms with van der Waals surface area (Å²) in [6.07, 6.45) is 0.946. The number of ether oxygens (including phenoxy) is 2. The molecule has 2 aromatic rings. The summed E-state index contributed by atoms with van der Waals surface area (Å²) >= 11 is 0. The Morgan fingerprint density at radius 1 is 0.971 bits per heavy atom. The van der Waals surface area contributed by atoms with Crippen molar-refractivity contribution in [2.45, 2.75) is 45.2 Å². The van der Waals surface area contributed by atoms with Gasteiger partial charge in [-0.15, -0.1) is 0 Å². The number of aliphatic hydroxyl groups excluding tert-OH is 1. The molecule has 0 fully saturated rings. The Morgan fingerprint density at radius 3 is 2.26 bits per heavy atom. The Morgan fingerprint density at radius 2 is 1.66 bits per heavy atom. The van der Waals surface area contributed by atoms with E-state index in [2.05, 4.69) is 16.0 Å². The van der Waals surface area contributed by atoms with Crippen molar-refractivity contribution in [1.29, 1.82) is 5.41 Å². The first-order chi connectivity index (χ1) is 16.7. The van der Waals surface area contributed by atoms with Crippen molar-refractivity contribution in [3.05, 3.63) is 59.7 Å². The molecule has 35 heavy (non-hydrogen) atoms. The number of guanidine groups is 1.